The Morgan fingerprint density at radius 3 is 2.67 bits per heavy atom. The van der Waals surface area contributed by atoms with Gasteiger partial charge in [0.1, 0.15) is 12.4 Å². The third-order valence-electron chi connectivity index (χ3n) is 5.11. The van der Waals surface area contributed by atoms with Gasteiger partial charge in [0, 0.05) is 6.42 Å². The van der Waals surface area contributed by atoms with Crippen LogP contribution >= 0.6 is 0 Å². The van der Waals surface area contributed by atoms with Crippen LogP contribution < -0.4 is 10.1 Å². The molecule has 0 aromatic heterocycles. The van der Waals surface area contributed by atoms with Gasteiger partial charge in [-0.25, -0.2) is 0 Å². The van der Waals surface area contributed by atoms with Crippen LogP contribution in [0.3, 0.4) is 0 Å². The minimum absolute atomic E-state index is 0.203. The van der Waals surface area contributed by atoms with Gasteiger partial charge >= 0.3 is 5.97 Å². The third-order valence-corrected chi connectivity index (χ3v) is 5.11. The number of hydrogen-bond acceptors (Lipinski definition) is 4. The normalized spacial score (nSPS) is 24.6. The van der Waals surface area contributed by atoms with Crippen molar-refractivity contribution in [1.29, 1.82) is 0 Å². The monoisotopic (exact) mass is 331 g/mol. The molecule has 2 fully saturated rings. The van der Waals surface area contributed by atoms with E-state index in [0.29, 0.717) is 31.4 Å². The number of carbonyl (C=O) groups is 2. The topological polar surface area (TPSA) is 64.6 Å². The van der Waals surface area contributed by atoms with Crippen molar-refractivity contribution in [2.45, 2.75) is 32.1 Å². The molecule has 1 aromatic rings. The third kappa shape index (κ3) is 4.73. The van der Waals surface area contributed by atoms with Crippen molar-refractivity contribution >= 4 is 11.9 Å². The van der Waals surface area contributed by atoms with Gasteiger partial charge in [0.05, 0.1) is 6.54 Å². The Bertz CT molecular complexity index is 560. The summed E-state index contributed by atoms with van der Waals surface area (Å²) >= 11 is 0. The summed E-state index contributed by atoms with van der Waals surface area (Å²) in [5, 5.41) is 2.69. The van der Waals surface area contributed by atoms with Crippen molar-refractivity contribution in [3.05, 3.63) is 30.3 Å². The molecule has 130 valence electrons. The quantitative estimate of drug-likeness (QED) is 0.587. The molecule has 5 nitrogen and oxygen atoms in total. The smallest absolute Gasteiger partial charge is 0.306 e. The van der Waals surface area contributed by atoms with E-state index in [9.17, 15) is 9.59 Å². The van der Waals surface area contributed by atoms with E-state index in [1.807, 2.05) is 30.3 Å². The molecule has 0 saturated heterocycles. The molecule has 2 bridgehead atoms. The number of rotatable bonds is 8. The highest BCUT2D eigenvalue weighted by molar-refractivity contribution is 5.80. The highest BCUT2D eigenvalue weighted by Crippen LogP contribution is 2.49. The van der Waals surface area contributed by atoms with E-state index in [4.69, 9.17) is 9.47 Å². The van der Waals surface area contributed by atoms with Crippen LogP contribution in [0.15, 0.2) is 30.3 Å². The summed E-state index contributed by atoms with van der Waals surface area (Å²) in [7, 11) is 0. The molecule has 5 heteroatoms. The summed E-state index contributed by atoms with van der Waals surface area (Å²) in [6, 6.07) is 9.42. The highest BCUT2D eigenvalue weighted by Gasteiger charge is 2.40. The second kappa shape index (κ2) is 8.18. The number of hydrogen-bond donors (Lipinski definition) is 1. The van der Waals surface area contributed by atoms with Crippen LogP contribution in [0.1, 0.15) is 32.1 Å². The van der Waals surface area contributed by atoms with E-state index in [2.05, 4.69) is 5.32 Å². The van der Waals surface area contributed by atoms with Gasteiger partial charge in [-0.1, -0.05) is 24.6 Å². The maximum absolute atomic E-state index is 11.9. The van der Waals surface area contributed by atoms with Crippen molar-refractivity contribution in [3.63, 3.8) is 0 Å². The summed E-state index contributed by atoms with van der Waals surface area (Å²) < 4.78 is 10.6. The molecule has 0 radical (unpaired) electrons. The summed E-state index contributed by atoms with van der Waals surface area (Å²) in [6.45, 7) is 0.567. The standard InChI is InChI=1S/C19H25NO4/c21-18(20-8-9-23-17-4-2-1-3-5-17)13-24-19(22)12-16-11-14-6-7-15(16)10-14/h1-5,14-16H,6-13H2,(H,20,21)/t14-,15-,16-/m1/s1. The molecular weight excluding hydrogens is 306 g/mol. The number of amides is 1. The fourth-order valence-electron chi connectivity index (χ4n) is 3.97. The Morgan fingerprint density at radius 1 is 1.12 bits per heavy atom. The molecule has 2 aliphatic rings. The average molecular weight is 331 g/mol. The van der Waals surface area contributed by atoms with Crippen LogP contribution in [-0.4, -0.2) is 31.6 Å². The van der Waals surface area contributed by atoms with Crippen molar-refractivity contribution < 1.29 is 19.1 Å². The minimum atomic E-state index is -0.284. The molecule has 1 aromatic carbocycles. The molecule has 24 heavy (non-hydrogen) atoms. The minimum Gasteiger partial charge on any atom is -0.492 e. The average Bonchev–Trinajstić information content (AvgIpc) is 3.21. The second-order valence-corrected chi connectivity index (χ2v) is 6.81. The van der Waals surface area contributed by atoms with Crippen LogP contribution in [0, 0.1) is 17.8 Å². The maximum Gasteiger partial charge on any atom is 0.306 e. The van der Waals surface area contributed by atoms with Gasteiger partial charge in [0.15, 0.2) is 6.61 Å². The first-order valence-electron chi connectivity index (χ1n) is 8.81. The summed E-state index contributed by atoms with van der Waals surface area (Å²) in [4.78, 5) is 23.5. The molecule has 0 heterocycles. The zero-order valence-electron chi connectivity index (χ0n) is 13.9. The van der Waals surface area contributed by atoms with Gasteiger partial charge in [-0.3, -0.25) is 9.59 Å². The Balaban J connectivity index is 1.25. The first-order chi connectivity index (χ1) is 11.7. The first-order valence-corrected chi connectivity index (χ1v) is 8.81. The van der Waals surface area contributed by atoms with Gasteiger partial charge in [0.25, 0.3) is 5.91 Å². The lowest BCUT2D eigenvalue weighted by atomic mass is 9.86. The molecule has 0 unspecified atom stereocenters. The molecule has 0 spiro atoms. The van der Waals surface area contributed by atoms with Gasteiger partial charge < -0.3 is 14.8 Å². The molecule has 2 saturated carbocycles. The molecule has 3 atom stereocenters. The van der Waals surface area contributed by atoms with E-state index < -0.39 is 0 Å². The van der Waals surface area contributed by atoms with Crippen molar-refractivity contribution in [2.75, 3.05) is 19.8 Å². The van der Waals surface area contributed by atoms with Gasteiger partial charge in [-0.05, 0) is 49.1 Å². The van der Waals surface area contributed by atoms with Crippen LogP contribution in [-0.2, 0) is 14.3 Å². The number of benzene rings is 1. The van der Waals surface area contributed by atoms with Gasteiger partial charge in [0.2, 0.25) is 0 Å². The number of fused-ring (bicyclic) bond motifs is 2. The Labute approximate surface area is 142 Å². The maximum atomic E-state index is 11.9. The van der Waals surface area contributed by atoms with Crippen LogP contribution in [0.5, 0.6) is 5.75 Å². The predicted molar refractivity (Wildman–Crippen MR) is 89.5 cm³/mol. The molecular formula is C19H25NO4. The Kier molecular flexibility index (Phi) is 5.72. The molecule has 1 N–H and O–H groups in total. The zero-order chi connectivity index (χ0) is 16.8. The van der Waals surface area contributed by atoms with Crippen LogP contribution in [0.2, 0.25) is 0 Å². The van der Waals surface area contributed by atoms with E-state index in [0.717, 1.165) is 18.1 Å². The number of ether oxygens (including phenoxy) is 2. The summed E-state index contributed by atoms with van der Waals surface area (Å²) in [5.74, 6) is 2.23. The second-order valence-electron chi connectivity index (χ2n) is 6.81. The lowest BCUT2D eigenvalue weighted by Crippen LogP contribution is -2.32. The van der Waals surface area contributed by atoms with E-state index in [1.54, 1.807) is 0 Å². The van der Waals surface area contributed by atoms with Gasteiger partial charge in [-0.15, -0.1) is 0 Å². The molecule has 1 amide bonds. The Hall–Kier alpha value is -2.04. The van der Waals surface area contributed by atoms with Crippen molar-refractivity contribution in [3.8, 4) is 5.75 Å². The fraction of sp³-hybridized carbons (Fsp3) is 0.579. The van der Waals surface area contributed by atoms with E-state index in [1.165, 1.54) is 19.3 Å². The Morgan fingerprint density at radius 2 is 1.96 bits per heavy atom. The lowest BCUT2D eigenvalue weighted by Gasteiger charge is -2.20. The first kappa shape index (κ1) is 16.8. The zero-order valence-corrected chi connectivity index (χ0v) is 13.9. The van der Waals surface area contributed by atoms with Gasteiger partial charge in [-0.2, -0.15) is 0 Å². The number of nitrogens with one attached hydrogen (secondary N) is 1. The van der Waals surface area contributed by atoms with E-state index in [-0.39, 0.29) is 18.5 Å². The number of carbonyl (C=O) groups excluding carboxylic acids is 2. The van der Waals surface area contributed by atoms with Crippen LogP contribution in [0.4, 0.5) is 0 Å². The van der Waals surface area contributed by atoms with Crippen molar-refractivity contribution in [2.24, 2.45) is 17.8 Å². The summed E-state index contributed by atoms with van der Waals surface area (Å²) in [6.07, 6.45) is 5.47. The van der Waals surface area contributed by atoms with E-state index >= 15 is 0 Å². The SMILES string of the molecule is O=C(COC(=O)C[C@H]1C[C@@H]2CC[C@@H]1C2)NCCOc1ccccc1. The van der Waals surface area contributed by atoms with Crippen molar-refractivity contribution in [1.82, 2.24) is 5.32 Å². The molecule has 3 rings (SSSR count). The fourth-order valence-corrected chi connectivity index (χ4v) is 3.97. The lowest BCUT2D eigenvalue weighted by molar-refractivity contribution is -0.149. The number of para-hydroxylation sites is 1. The molecule has 2 aliphatic carbocycles. The predicted octanol–water partition coefficient (Wildman–Crippen LogP) is 2.55. The largest absolute Gasteiger partial charge is 0.492 e. The highest BCUT2D eigenvalue weighted by atomic mass is 16.5. The number of esters is 1. The summed E-state index contributed by atoms with van der Waals surface area (Å²) in [5.41, 5.74) is 0. The van der Waals surface area contributed by atoms with Crippen LogP contribution in [0.25, 0.3) is 0 Å². The molecule has 0 aliphatic heterocycles.